The molecular formula is C19H25NOS. The molecule has 0 spiro atoms. The van der Waals surface area contributed by atoms with Gasteiger partial charge in [0.1, 0.15) is 0 Å². The molecular weight excluding hydrogens is 290 g/mol. The molecule has 2 aromatic rings. The van der Waals surface area contributed by atoms with E-state index in [0.29, 0.717) is 6.04 Å². The smallest absolute Gasteiger partial charge is 0.0774 e. The average molecular weight is 315 g/mol. The van der Waals surface area contributed by atoms with Crippen molar-refractivity contribution < 1.29 is 5.11 Å². The molecule has 0 aliphatic heterocycles. The number of benzene rings is 1. The third kappa shape index (κ3) is 4.19. The van der Waals surface area contributed by atoms with Gasteiger partial charge in [-0.3, -0.25) is 0 Å². The van der Waals surface area contributed by atoms with Crippen molar-refractivity contribution in [1.29, 1.82) is 0 Å². The van der Waals surface area contributed by atoms with Gasteiger partial charge in [-0.1, -0.05) is 30.3 Å². The Morgan fingerprint density at radius 2 is 1.95 bits per heavy atom. The predicted molar refractivity (Wildman–Crippen MR) is 93.4 cm³/mol. The van der Waals surface area contributed by atoms with Gasteiger partial charge in [0.25, 0.3) is 0 Å². The van der Waals surface area contributed by atoms with E-state index in [4.69, 9.17) is 0 Å². The van der Waals surface area contributed by atoms with Crippen LogP contribution in [0.3, 0.4) is 0 Å². The van der Waals surface area contributed by atoms with Gasteiger partial charge in [-0.25, -0.2) is 0 Å². The molecule has 1 heterocycles. The zero-order valence-corrected chi connectivity index (χ0v) is 13.9. The summed E-state index contributed by atoms with van der Waals surface area (Å²) in [5.74, 6) is 0. The minimum Gasteiger partial charge on any atom is -0.391 e. The lowest BCUT2D eigenvalue weighted by molar-refractivity contribution is 0.285. The van der Waals surface area contributed by atoms with Gasteiger partial charge in [0.05, 0.1) is 6.61 Å². The quantitative estimate of drug-likeness (QED) is 0.629. The lowest BCUT2D eigenvalue weighted by Gasteiger charge is -2.16. The number of hydrogen-bond acceptors (Lipinski definition) is 3. The Morgan fingerprint density at radius 3 is 2.77 bits per heavy atom. The van der Waals surface area contributed by atoms with E-state index in [-0.39, 0.29) is 6.61 Å². The van der Waals surface area contributed by atoms with Crippen molar-refractivity contribution in [3.63, 3.8) is 0 Å². The monoisotopic (exact) mass is 315 g/mol. The molecule has 0 bridgehead atoms. The van der Waals surface area contributed by atoms with Gasteiger partial charge in [-0.05, 0) is 62.3 Å². The van der Waals surface area contributed by atoms with Crippen LogP contribution >= 0.6 is 11.3 Å². The average Bonchev–Trinajstić information content (AvgIpc) is 2.87. The Balaban J connectivity index is 1.40. The largest absolute Gasteiger partial charge is 0.391 e. The van der Waals surface area contributed by atoms with Gasteiger partial charge in [0.15, 0.2) is 0 Å². The Morgan fingerprint density at radius 1 is 1.14 bits per heavy atom. The van der Waals surface area contributed by atoms with Crippen LogP contribution in [-0.2, 0) is 25.9 Å². The van der Waals surface area contributed by atoms with Crippen LogP contribution in [0.4, 0.5) is 0 Å². The lowest BCUT2D eigenvalue weighted by atomic mass is 10.1. The number of rotatable bonds is 6. The molecule has 3 rings (SSSR count). The molecule has 1 aromatic heterocycles. The summed E-state index contributed by atoms with van der Waals surface area (Å²) in [5.41, 5.74) is 2.91. The summed E-state index contributed by atoms with van der Waals surface area (Å²) in [6.07, 6.45) is 7.13. The molecule has 0 saturated heterocycles. The fourth-order valence-corrected chi connectivity index (χ4v) is 4.35. The Kier molecular flexibility index (Phi) is 5.65. The zero-order chi connectivity index (χ0) is 15.2. The van der Waals surface area contributed by atoms with Crippen LogP contribution in [0.2, 0.25) is 0 Å². The topological polar surface area (TPSA) is 32.3 Å². The second-order valence-corrected chi connectivity index (χ2v) is 7.36. The summed E-state index contributed by atoms with van der Waals surface area (Å²) < 4.78 is 0. The highest BCUT2D eigenvalue weighted by atomic mass is 32.1. The summed E-state index contributed by atoms with van der Waals surface area (Å²) >= 11 is 1.80. The molecule has 0 amide bonds. The molecule has 2 N–H and O–H groups in total. The Hall–Kier alpha value is -1.16. The molecule has 22 heavy (non-hydrogen) atoms. The van der Waals surface area contributed by atoms with E-state index in [0.717, 1.165) is 30.7 Å². The normalized spacial score (nSPS) is 18.0. The summed E-state index contributed by atoms with van der Waals surface area (Å²) in [6.45, 7) is 1.30. The van der Waals surface area contributed by atoms with Crippen LogP contribution < -0.4 is 5.32 Å². The Labute approximate surface area is 137 Å². The second kappa shape index (κ2) is 7.91. The highest BCUT2D eigenvalue weighted by Crippen LogP contribution is 2.29. The number of hydrogen-bond donors (Lipinski definition) is 2. The van der Waals surface area contributed by atoms with Crippen molar-refractivity contribution in [2.45, 2.75) is 51.2 Å². The molecule has 1 aliphatic rings. The lowest BCUT2D eigenvalue weighted by Crippen LogP contribution is -2.30. The molecule has 0 fully saturated rings. The van der Waals surface area contributed by atoms with Crippen LogP contribution in [0, 0.1) is 0 Å². The van der Waals surface area contributed by atoms with Crippen LogP contribution in [0.5, 0.6) is 0 Å². The minimum absolute atomic E-state index is 0.193. The maximum atomic E-state index is 9.24. The van der Waals surface area contributed by atoms with Crippen molar-refractivity contribution in [1.82, 2.24) is 5.32 Å². The van der Waals surface area contributed by atoms with E-state index < -0.39 is 0 Å². The van der Waals surface area contributed by atoms with E-state index in [1.807, 2.05) is 0 Å². The molecule has 0 radical (unpaired) electrons. The summed E-state index contributed by atoms with van der Waals surface area (Å²) in [5, 5.41) is 13.0. The van der Waals surface area contributed by atoms with Crippen molar-refractivity contribution in [2.24, 2.45) is 0 Å². The summed E-state index contributed by atoms with van der Waals surface area (Å²) in [6, 6.07) is 13.6. The maximum absolute atomic E-state index is 9.24. The third-order valence-corrected chi connectivity index (χ3v) is 5.73. The minimum atomic E-state index is 0.193. The van der Waals surface area contributed by atoms with Crippen molar-refractivity contribution >= 4 is 11.3 Å². The zero-order valence-electron chi connectivity index (χ0n) is 13.1. The van der Waals surface area contributed by atoms with Crippen LogP contribution in [-0.4, -0.2) is 17.7 Å². The van der Waals surface area contributed by atoms with Gasteiger partial charge in [-0.15, -0.1) is 11.3 Å². The predicted octanol–water partition coefficient (Wildman–Crippen LogP) is 3.71. The van der Waals surface area contributed by atoms with Crippen molar-refractivity contribution in [3.05, 3.63) is 57.3 Å². The van der Waals surface area contributed by atoms with E-state index in [1.165, 1.54) is 35.3 Å². The Bertz CT molecular complexity index is 553. The fourth-order valence-electron chi connectivity index (χ4n) is 3.26. The van der Waals surface area contributed by atoms with E-state index >= 15 is 0 Å². The van der Waals surface area contributed by atoms with Gasteiger partial charge in [0, 0.05) is 15.8 Å². The number of nitrogens with one attached hydrogen (secondary N) is 1. The number of fused-ring (bicyclic) bond motifs is 1. The van der Waals surface area contributed by atoms with Crippen LogP contribution in [0.1, 0.15) is 40.1 Å². The first kappa shape index (κ1) is 15.7. The highest BCUT2D eigenvalue weighted by Gasteiger charge is 2.17. The summed E-state index contributed by atoms with van der Waals surface area (Å²) in [7, 11) is 0. The fraction of sp³-hybridized carbons (Fsp3) is 0.474. The first-order chi connectivity index (χ1) is 10.8. The SMILES string of the molecule is OCc1cc2c(s1)CCC(NCCCc1ccccc1)CC2. The maximum Gasteiger partial charge on any atom is 0.0774 e. The third-order valence-electron chi connectivity index (χ3n) is 4.50. The first-order valence-corrected chi connectivity index (χ1v) is 9.15. The highest BCUT2D eigenvalue weighted by molar-refractivity contribution is 7.12. The van der Waals surface area contributed by atoms with Gasteiger partial charge >= 0.3 is 0 Å². The molecule has 1 aliphatic carbocycles. The molecule has 2 nitrogen and oxygen atoms in total. The molecule has 3 heteroatoms. The standard InChI is InChI=1S/C19H25NOS/c21-14-18-13-16-8-9-17(10-11-19(16)22-18)20-12-4-7-15-5-2-1-3-6-15/h1-3,5-6,13,17,20-21H,4,7-12,14H2. The van der Waals surface area contributed by atoms with Crippen molar-refractivity contribution in [3.8, 4) is 0 Å². The molecule has 0 saturated carbocycles. The number of aliphatic hydroxyl groups is 1. The van der Waals surface area contributed by atoms with Crippen LogP contribution in [0.25, 0.3) is 0 Å². The van der Waals surface area contributed by atoms with Gasteiger partial charge in [0.2, 0.25) is 0 Å². The van der Waals surface area contributed by atoms with E-state index in [2.05, 4.69) is 41.7 Å². The first-order valence-electron chi connectivity index (χ1n) is 8.34. The number of aliphatic hydroxyl groups excluding tert-OH is 1. The number of thiophene rings is 1. The van der Waals surface area contributed by atoms with Crippen molar-refractivity contribution in [2.75, 3.05) is 6.54 Å². The second-order valence-electron chi connectivity index (χ2n) is 6.14. The van der Waals surface area contributed by atoms with E-state index in [1.54, 1.807) is 11.3 Å². The van der Waals surface area contributed by atoms with E-state index in [9.17, 15) is 5.11 Å². The summed E-state index contributed by atoms with van der Waals surface area (Å²) in [4.78, 5) is 2.62. The molecule has 118 valence electrons. The number of aryl methyl sites for hydroxylation is 3. The van der Waals surface area contributed by atoms with Gasteiger partial charge < -0.3 is 10.4 Å². The molecule has 1 unspecified atom stereocenters. The molecule has 1 atom stereocenters. The van der Waals surface area contributed by atoms with Crippen LogP contribution in [0.15, 0.2) is 36.4 Å². The molecule has 1 aromatic carbocycles. The van der Waals surface area contributed by atoms with Gasteiger partial charge in [-0.2, -0.15) is 0 Å².